The third-order valence-electron chi connectivity index (χ3n) is 12.5. The van der Waals surface area contributed by atoms with Gasteiger partial charge in [0.15, 0.2) is 0 Å². The fourth-order valence-corrected chi connectivity index (χ4v) is 10.8. The van der Waals surface area contributed by atoms with Crippen LogP contribution in [0.5, 0.6) is 0 Å². The average molecular weight is 573 g/mol. The van der Waals surface area contributed by atoms with Crippen molar-refractivity contribution in [2.75, 3.05) is 11.4 Å². The number of fused-ring (bicyclic) bond motifs is 6. The van der Waals surface area contributed by atoms with E-state index in [2.05, 4.69) is 54.9 Å². The Kier molecular flexibility index (Phi) is 6.85. The van der Waals surface area contributed by atoms with E-state index in [9.17, 15) is 15.0 Å². The molecule has 1 aromatic rings. The second-order valence-corrected chi connectivity index (χ2v) is 15.0. The van der Waals surface area contributed by atoms with Gasteiger partial charge < -0.3 is 15.1 Å². The number of carbonyl (C=O) groups is 1. The lowest BCUT2D eigenvalue weighted by molar-refractivity contribution is -0.174. The van der Waals surface area contributed by atoms with E-state index in [-0.39, 0.29) is 28.9 Å². The zero-order valence-corrected chi connectivity index (χ0v) is 24.5. The first-order chi connectivity index (χ1) is 17.6. The van der Waals surface area contributed by atoms with Gasteiger partial charge in [-0.05, 0) is 128 Å². The second-order valence-electron chi connectivity index (χ2n) is 14.0. The third kappa shape index (κ3) is 4.25. The van der Waals surface area contributed by atoms with Crippen LogP contribution in [0, 0.1) is 46.3 Å². The van der Waals surface area contributed by atoms with Gasteiger partial charge >= 0.3 is 0 Å². The van der Waals surface area contributed by atoms with E-state index in [1.54, 1.807) is 0 Å². The summed E-state index contributed by atoms with van der Waals surface area (Å²) in [5.41, 5.74) is 2.92. The molecule has 0 radical (unpaired) electrons. The third-order valence-corrected chi connectivity index (χ3v) is 13.0. The molecular weight excluding hydrogens is 526 g/mol. The number of nitrogens with zero attached hydrogens (tertiary/aromatic N) is 1. The molecule has 4 fully saturated rings. The van der Waals surface area contributed by atoms with Crippen molar-refractivity contribution in [3.05, 3.63) is 28.2 Å². The van der Waals surface area contributed by atoms with Gasteiger partial charge in [-0.15, -0.1) is 0 Å². The molecule has 1 aromatic carbocycles. The summed E-state index contributed by atoms with van der Waals surface area (Å²) in [5.74, 6) is 3.50. The molecule has 1 heterocycles. The first-order valence-electron chi connectivity index (χ1n) is 15.1. The lowest BCUT2D eigenvalue weighted by Crippen LogP contribution is -2.58. The van der Waals surface area contributed by atoms with E-state index in [1.165, 1.54) is 31.2 Å². The number of hydrogen-bond donors (Lipinski definition) is 2. The maximum Gasteiger partial charge on any atom is 0.227 e. The van der Waals surface area contributed by atoms with Crippen LogP contribution in [-0.4, -0.2) is 34.9 Å². The van der Waals surface area contributed by atoms with E-state index in [4.69, 9.17) is 0 Å². The summed E-state index contributed by atoms with van der Waals surface area (Å²) in [6.07, 6.45) is 10.9. The number of halogens is 1. The van der Waals surface area contributed by atoms with Gasteiger partial charge in [-0.3, -0.25) is 4.79 Å². The molecule has 0 bridgehead atoms. The van der Waals surface area contributed by atoms with Crippen LogP contribution in [0.25, 0.3) is 0 Å². The predicted octanol–water partition coefficient (Wildman–Crippen LogP) is 6.75. The van der Waals surface area contributed by atoms with Gasteiger partial charge in [-0.2, -0.15) is 0 Å². The number of rotatable bonds is 4. The molecule has 2 N–H and O–H groups in total. The van der Waals surface area contributed by atoms with Crippen LogP contribution in [0.3, 0.4) is 0 Å². The number of amides is 1. The van der Waals surface area contributed by atoms with Gasteiger partial charge in [0.05, 0.1) is 12.2 Å². The smallest absolute Gasteiger partial charge is 0.227 e. The molecule has 0 spiro atoms. The summed E-state index contributed by atoms with van der Waals surface area (Å²) in [6, 6.07) is 6.31. The Bertz CT molecular complexity index is 1040. The Labute approximate surface area is 231 Å². The minimum Gasteiger partial charge on any atom is -0.393 e. The van der Waals surface area contributed by atoms with Crippen molar-refractivity contribution in [1.29, 1.82) is 0 Å². The molecule has 37 heavy (non-hydrogen) atoms. The zero-order valence-electron chi connectivity index (χ0n) is 23.0. The maximum atomic E-state index is 13.3. The van der Waals surface area contributed by atoms with Crippen molar-refractivity contribution < 1.29 is 15.0 Å². The number of benzene rings is 1. The highest BCUT2D eigenvalue weighted by atomic mass is 79.9. The highest BCUT2D eigenvalue weighted by Crippen LogP contribution is 2.68. The first-order valence-corrected chi connectivity index (χ1v) is 15.9. The molecule has 0 aromatic heterocycles. The summed E-state index contributed by atoms with van der Waals surface area (Å²) in [5, 5.41) is 21.8. The molecule has 5 aliphatic rings. The number of aliphatic hydroxyl groups is 2. The maximum absolute atomic E-state index is 13.3. The van der Waals surface area contributed by atoms with E-state index in [1.807, 2.05) is 4.90 Å². The van der Waals surface area contributed by atoms with Crippen molar-refractivity contribution in [3.63, 3.8) is 0 Å². The Hall–Kier alpha value is -0.910. The lowest BCUT2D eigenvalue weighted by atomic mass is 9.43. The summed E-state index contributed by atoms with van der Waals surface area (Å²) in [7, 11) is 0. The van der Waals surface area contributed by atoms with Gasteiger partial charge in [0, 0.05) is 23.1 Å². The highest BCUT2D eigenvalue weighted by Gasteiger charge is 2.62. The SMILES string of the molecule is C[C@H](CCC(=O)N1CCc2ccc(Br)cc21)[C@H]1CC[C@H]2[C@@H]3[C@H](O)C[C@@H]4C[C@H](O)CC[C@]4(C)[C@H]3CC[C@]12C. The van der Waals surface area contributed by atoms with Crippen molar-refractivity contribution in [3.8, 4) is 0 Å². The van der Waals surface area contributed by atoms with E-state index in [0.717, 1.165) is 55.2 Å². The summed E-state index contributed by atoms with van der Waals surface area (Å²) < 4.78 is 1.04. The van der Waals surface area contributed by atoms with Gasteiger partial charge in [-0.1, -0.05) is 42.8 Å². The Morgan fingerprint density at radius 3 is 2.65 bits per heavy atom. The van der Waals surface area contributed by atoms with Crippen LogP contribution in [0.15, 0.2) is 22.7 Å². The van der Waals surface area contributed by atoms with E-state index >= 15 is 0 Å². The Balaban J connectivity index is 1.13. The van der Waals surface area contributed by atoms with E-state index in [0.29, 0.717) is 41.9 Å². The number of anilines is 1. The van der Waals surface area contributed by atoms with Crippen molar-refractivity contribution in [2.45, 2.75) is 104 Å². The Morgan fingerprint density at radius 2 is 1.84 bits per heavy atom. The van der Waals surface area contributed by atoms with Crippen LogP contribution in [0.2, 0.25) is 0 Å². The minimum absolute atomic E-state index is 0.175. The number of hydrogen-bond acceptors (Lipinski definition) is 3. The quantitative estimate of drug-likeness (QED) is 0.420. The van der Waals surface area contributed by atoms with Crippen molar-refractivity contribution >= 4 is 27.5 Å². The molecule has 4 saturated carbocycles. The summed E-state index contributed by atoms with van der Waals surface area (Å²) >= 11 is 3.57. The van der Waals surface area contributed by atoms with Crippen molar-refractivity contribution in [1.82, 2.24) is 0 Å². The Morgan fingerprint density at radius 1 is 1.08 bits per heavy atom. The fraction of sp³-hybridized carbons (Fsp3) is 0.781. The largest absolute Gasteiger partial charge is 0.393 e. The van der Waals surface area contributed by atoms with Crippen LogP contribution in [-0.2, 0) is 11.2 Å². The molecule has 1 aliphatic heterocycles. The van der Waals surface area contributed by atoms with Gasteiger partial charge in [-0.25, -0.2) is 0 Å². The molecule has 6 rings (SSSR count). The molecule has 4 aliphatic carbocycles. The predicted molar refractivity (Wildman–Crippen MR) is 151 cm³/mol. The second kappa shape index (κ2) is 9.63. The molecule has 0 unspecified atom stereocenters. The van der Waals surface area contributed by atoms with Gasteiger partial charge in [0.1, 0.15) is 0 Å². The van der Waals surface area contributed by atoms with Gasteiger partial charge in [0.2, 0.25) is 5.91 Å². The normalized spacial score (nSPS) is 43.5. The molecule has 5 heteroatoms. The first kappa shape index (κ1) is 26.3. The molecule has 204 valence electrons. The minimum atomic E-state index is -0.219. The molecular formula is C32H46BrNO3. The molecule has 1 amide bonds. The van der Waals surface area contributed by atoms with E-state index < -0.39 is 0 Å². The number of aliphatic hydroxyl groups excluding tert-OH is 2. The van der Waals surface area contributed by atoms with Crippen LogP contribution in [0.4, 0.5) is 5.69 Å². The van der Waals surface area contributed by atoms with Crippen LogP contribution >= 0.6 is 15.9 Å². The topological polar surface area (TPSA) is 60.8 Å². The average Bonchev–Trinajstić information content (AvgIpc) is 3.44. The fourth-order valence-electron chi connectivity index (χ4n) is 10.5. The highest BCUT2D eigenvalue weighted by molar-refractivity contribution is 9.10. The number of carbonyl (C=O) groups excluding carboxylic acids is 1. The van der Waals surface area contributed by atoms with Gasteiger partial charge in [0.25, 0.3) is 0 Å². The van der Waals surface area contributed by atoms with Crippen molar-refractivity contribution in [2.24, 2.45) is 46.3 Å². The zero-order chi connectivity index (χ0) is 26.1. The molecule has 10 atom stereocenters. The molecule has 0 saturated heterocycles. The van der Waals surface area contributed by atoms with Crippen LogP contribution in [0.1, 0.15) is 90.5 Å². The summed E-state index contributed by atoms with van der Waals surface area (Å²) in [6.45, 7) is 8.22. The molecule has 4 nitrogen and oxygen atoms in total. The lowest BCUT2D eigenvalue weighted by Gasteiger charge is -2.62. The standard InChI is InChI=1S/C32H46BrNO3/c1-19(4-9-29(37)34-15-12-20-5-6-22(33)18-27(20)34)24-7-8-25-30-26(11-14-32(24,25)3)31(2)13-10-23(35)16-21(31)17-28(30)36/h5-6,18-19,21,23-26,28,30,35-36H,4,7-17H2,1-3H3/t19-,21+,23-,24-,25+,26+,28-,30+,31+,32-/m1/s1. The monoisotopic (exact) mass is 571 g/mol. The summed E-state index contributed by atoms with van der Waals surface area (Å²) in [4.78, 5) is 15.3. The van der Waals surface area contributed by atoms with Crippen LogP contribution < -0.4 is 4.90 Å².